The monoisotopic (exact) mass is 387 g/mol. The summed E-state index contributed by atoms with van der Waals surface area (Å²) in [4.78, 5) is 22.6. The predicted octanol–water partition coefficient (Wildman–Crippen LogP) is 3.11. The highest BCUT2D eigenvalue weighted by Crippen LogP contribution is 2.30. The van der Waals surface area contributed by atoms with E-state index >= 15 is 0 Å². The van der Waals surface area contributed by atoms with Crippen LogP contribution in [0, 0.1) is 6.92 Å². The zero-order valence-corrected chi connectivity index (χ0v) is 16.0. The van der Waals surface area contributed by atoms with Gasteiger partial charge in [-0.2, -0.15) is 0 Å². The van der Waals surface area contributed by atoms with E-state index in [-0.39, 0.29) is 18.5 Å². The molecule has 0 saturated carbocycles. The summed E-state index contributed by atoms with van der Waals surface area (Å²) in [6, 6.07) is 5.86. The van der Waals surface area contributed by atoms with Gasteiger partial charge in [-0.05, 0) is 31.0 Å². The molecule has 2 heterocycles. The second-order valence-electron chi connectivity index (χ2n) is 7.08. The molecule has 7 heteroatoms. The van der Waals surface area contributed by atoms with Gasteiger partial charge in [-0.25, -0.2) is 9.97 Å². The van der Waals surface area contributed by atoms with E-state index in [2.05, 4.69) is 14.9 Å². The highest BCUT2D eigenvalue weighted by atomic mass is 35.5. The van der Waals surface area contributed by atoms with E-state index in [9.17, 15) is 9.90 Å². The van der Waals surface area contributed by atoms with Gasteiger partial charge in [0.2, 0.25) is 0 Å². The number of fused-ring (bicyclic) bond motifs is 1. The Balaban J connectivity index is 1.42. The summed E-state index contributed by atoms with van der Waals surface area (Å²) in [6.45, 7) is 3.23. The molecule has 142 valence electrons. The molecule has 0 atom stereocenters. The fourth-order valence-electron chi connectivity index (χ4n) is 3.77. The summed E-state index contributed by atoms with van der Waals surface area (Å²) in [5.74, 6) is 2.09. The number of Topliss-reactive ketones (excluding diaryl/α,β-unsaturated/α-hetero) is 1. The number of carbonyl (C=O) groups is 1. The Hall–Kier alpha value is -2.18. The Morgan fingerprint density at radius 3 is 2.78 bits per heavy atom. The van der Waals surface area contributed by atoms with Crippen molar-refractivity contribution in [2.75, 3.05) is 18.0 Å². The minimum absolute atomic E-state index is 0.103. The molecule has 0 radical (unpaired) electrons. The fraction of sp³-hybridized carbons (Fsp3) is 0.450. The van der Waals surface area contributed by atoms with Gasteiger partial charge in [0.25, 0.3) is 0 Å². The van der Waals surface area contributed by atoms with Crippen LogP contribution in [0.15, 0.2) is 18.2 Å². The topological polar surface area (TPSA) is 75.6 Å². The first-order chi connectivity index (χ1) is 13.0. The molecule has 1 aromatic heterocycles. The maximum Gasteiger partial charge on any atom is 0.163 e. The van der Waals surface area contributed by atoms with Crippen molar-refractivity contribution in [3.8, 4) is 5.75 Å². The van der Waals surface area contributed by atoms with Crippen LogP contribution >= 0.6 is 11.6 Å². The van der Waals surface area contributed by atoms with Crippen molar-refractivity contribution in [1.29, 1.82) is 0 Å². The van der Waals surface area contributed by atoms with Crippen LogP contribution in [-0.4, -0.2) is 40.1 Å². The van der Waals surface area contributed by atoms with Gasteiger partial charge >= 0.3 is 0 Å². The molecule has 0 bridgehead atoms. The van der Waals surface area contributed by atoms with Gasteiger partial charge in [0.15, 0.2) is 11.6 Å². The first-order valence-electron chi connectivity index (χ1n) is 9.26. The average molecular weight is 388 g/mol. The minimum Gasteiger partial charge on any atom is -0.490 e. The highest BCUT2D eigenvalue weighted by Gasteiger charge is 2.25. The van der Waals surface area contributed by atoms with Gasteiger partial charge in [0.05, 0.1) is 0 Å². The van der Waals surface area contributed by atoms with E-state index in [1.54, 1.807) is 0 Å². The van der Waals surface area contributed by atoms with Crippen LogP contribution in [-0.2, 0) is 13.0 Å². The SMILES string of the molecule is Cc1c(Cl)nc(CO)nc1N1CCC(Oc2ccc3c(c2)C(=O)CC3)CC1. The van der Waals surface area contributed by atoms with E-state index < -0.39 is 0 Å². The molecule has 2 aliphatic rings. The lowest BCUT2D eigenvalue weighted by Crippen LogP contribution is -2.39. The number of aliphatic hydroxyl groups excluding tert-OH is 1. The molecule has 1 aliphatic heterocycles. The largest absolute Gasteiger partial charge is 0.490 e. The Bertz CT molecular complexity index is 879. The number of anilines is 1. The Morgan fingerprint density at radius 2 is 2.04 bits per heavy atom. The maximum atomic E-state index is 11.9. The lowest BCUT2D eigenvalue weighted by atomic mass is 10.1. The van der Waals surface area contributed by atoms with Gasteiger partial charge in [-0.3, -0.25) is 4.79 Å². The van der Waals surface area contributed by atoms with E-state index in [0.717, 1.165) is 60.6 Å². The number of ketones is 1. The Labute approximate surface area is 163 Å². The molecule has 4 rings (SSSR count). The third-order valence-corrected chi connectivity index (χ3v) is 5.66. The van der Waals surface area contributed by atoms with Gasteiger partial charge in [-0.1, -0.05) is 17.7 Å². The van der Waals surface area contributed by atoms with E-state index in [0.29, 0.717) is 17.4 Å². The number of hydrogen-bond acceptors (Lipinski definition) is 6. The number of halogens is 1. The third kappa shape index (κ3) is 3.64. The van der Waals surface area contributed by atoms with Crippen LogP contribution < -0.4 is 9.64 Å². The van der Waals surface area contributed by atoms with Crippen molar-refractivity contribution in [2.45, 2.75) is 45.3 Å². The number of benzene rings is 1. The number of ether oxygens (including phenoxy) is 1. The van der Waals surface area contributed by atoms with E-state index in [1.165, 1.54) is 0 Å². The van der Waals surface area contributed by atoms with Crippen molar-refractivity contribution in [3.63, 3.8) is 0 Å². The van der Waals surface area contributed by atoms with E-state index in [4.69, 9.17) is 16.3 Å². The average Bonchev–Trinajstić information content (AvgIpc) is 3.05. The molecule has 1 aromatic carbocycles. The van der Waals surface area contributed by atoms with Crippen molar-refractivity contribution in [3.05, 3.63) is 45.9 Å². The summed E-state index contributed by atoms with van der Waals surface area (Å²) in [5, 5.41) is 9.70. The number of aliphatic hydroxyl groups is 1. The molecule has 27 heavy (non-hydrogen) atoms. The standard InChI is InChI=1S/C20H22ClN3O3/c1-12-19(21)22-18(11-25)23-20(12)24-8-6-14(7-9-24)27-15-4-2-13-3-5-17(26)16(13)10-15/h2,4,10,14,25H,3,5-9,11H2,1H3. The molecule has 6 nitrogen and oxygen atoms in total. The molecule has 0 unspecified atom stereocenters. The highest BCUT2D eigenvalue weighted by molar-refractivity contribution is 6.30. The van der Waals surface area contributed by atoms with E-state index in [1.807, 2.05) is 25.1 Å². The number of rotatable bonds is 4. The second-order valence-corrected chi connectivity index (χ2v) is 7.44. The maximum absolute atomic E-state index is 11.9. The molecule has 0 spiro atoms. The molecular weight excluding hydrogens is 366 g/mol. The molecular formula is C20H22ClN3O3. The van der Waals surface area contributed by atoms with Gasteiger partial charge < -0.3 is 14.7 Å². The molecule has 1 aliphatic carbocycles. The fourth-order valence-corrected chi connectivity index (χ4v) is 3.95. The number of aromatic nitrogens is 2. The summed E-state index contributed by atoms with van der Waals surface area (Å²) < 4.78 is 6.13. The van der Waals surface area contributed by atoms with Crippen LogP contribution in [0.2, 0.25) is 5.15 Å². The smallest absolute Gasteiger partial charge is 0.163 e. The summed E-state index contributed by atoms with van der Waals surface area (Å²) in [5.41, 5.74) is 2.76. The molecule has 0 amide bonds. The lowest BCUT2D eigenvalue weighted by Gasteiger charge is -2.34. The zero-order valence-electron chi connectivity index (χ0n) is 15.2. The Morgan fingerprint density at radius 1 is 1.26 bits per heavy atom. The number of nitrogens with zero attached hydrogens (tertiary/aromatic N) is 3. The molecule has 1 saturated heterocycles. The minimum atomic E-state index is -0.233. The van der Waals surface area contributed by atoms with Crippen molar-refractivity contribution < 1.29 is 14.6 Å². The van der Waals surface area contributed by atoms with Crippen LogP contribution in [0.25, 0.3) is 0 Å². The molecule has 1 N–H and O–H groups in total. The van der Waals surface area contributed by atoms with Gasteiger partial charge in [-0.15, -0.1) is 0 Å². The van der Waals surface area contributed by atoms with Crippen LogP contribution in [0.4, 0.5) is 5.82 Å². The van der Waals surface area contributed by atoms with Crippen molar-refractivity contribution >= 4 is 23.2 Å². The quantitative estimate of drug-likeness (QED) is 0.812. The number of aryl methyl sites for hydroxylation is 1. The predicted molar refractivity (Wildman–Crippen MR) is 103 cm³/mol. The van der Waals surface area contributed by atoms with Crippen molar-refractivity contribution in [2.24, 2.45) is 0 Å². The first-order valence-corrected chi connectivity index (χ1v) is 9.64. The van der Waals surface area contributed by atoms with Crippen LogP contribution in [0.1, 0.15) is 46.6 Å². The van der Waals surface area contributed by atoms with Crippen molar-refractivity contribution in [1.82, 2.24) is 9.97 Å². The third-order valence-electron chi connectivity index (χ3n) is 5.30. The molecule has 1 fully saturated rings. The van der Waals surface area contributed by atoms with Gasteiger partial charge in [0, 0.05) is 43.5 Å². The number of carbonyl (C=O) groups excluding carboxylic acids is 1. The summed E-state index contributed by atoms with van der Waals surface area (Å²) in [7, 11) is 0. The van der Waals surface area contributed by atoms with Gasteiger partial charge in [0.1, 0.15) is 29.4 Å². The Kier molecular flexibility index (Phi) is 5.02. The lowest BCUT2D eigenvalue weighted by molar-refractivity contribution is 0.0993. The second kappa shape index (κ2) is 7.44. The zero-order chi connectivity index (χ0) is 19.0. The molecule has 2 aromatic rings. The van der Waals surface area contributed by atoms with Crippen LogP contribution in [0.3, 0.4) is 0 Å². The first kappa shape index (κ1) is 18.2. The number of piperidine rings is 1. The number of hydrogen-bond donors (Lipinski definition) is 1. The normalized spacial score (nSPS) is 17.3. The summed E-state index contributed by atoms with van der Waals surface area (Å²) >= 11 is 6.17. The summed E-state index contributed by atoms with van der Waals surface area (Å²) in [6.07, 6.45) is 3.24. The van der Waals surface area contributed by atoms with Crippen LogP contribution in [0.5, 0.6) is 5.75 Å².